The number of amides is 1. The number of fused-ring (bicyclic) bond motifs is 1. The van der Waals surface area contributed by atoms with Crippen molar-refractivity contribution in [2.24, 2.45) is 0 Å². The molecule has 9 nitrogen and oxygen atoms in total. The molecule has 3 heterocycles. The maximum atomic E-state index is 13.4. The lowest BCUT2D eigenvalue weighted by molar-refractivity contribution is -0.140. The van der Waals surface area contributed by atoms with Crippen molar-refractivity contribution in [2.45, 2.75) is 12.5 Å². The number of rotatable bonds is 9. The minimum atomic E-state index is -0.764. The summed E-state index contributed by atoms with van der Waals surface area (Å²) in [5, 5.41) is 11.4. The van der Waals surface area contributed by atoms with Crippen LogP contribution in [0.2, 0.25) is 0 Å². The molecule has 0 aliphatic carbocycles. The monoisotopic (exact) mass is 520 g/mol. The van der Waals surface area contributed by atoms with Gasteiger partial charge in [-0.05, 0) is 42.3 Å². The van der Waals surface area contributed by atoms with Crippen LogP contribution in [0.5, 0.6) is 17.2 Å². The van der Waals surface area contributed by atoms with E-state index in [9.17, 15) is 14.7 Å². The number of nitrogens with zero attached hydrogens (tertiary/aromatic N) is 2. The minimum absolute atomic E-state index is 0.0407. The summed E-state index contributed by atoms with van der Waals surface area (Å²) in [5.74, 6) is 0.0371. The SMILES string of the molecule is C=CCOc1cccc([C@H]2/C(=C(\O)c3ccc4c(c3)OCCO4)C(=O)C(=O)N2CCCN2CCOCC2)c1. The minimum Gasteiger partial charge on any atom is -0.507 e. The van der Waals surface area contributed by atoms with Crippen LogP contribution >= 0.6 is 0 Å². The summed E-state index contributed by atoms with van der Waals surface area (Å²) in [7, 11) is 0. The maximum absolute atomic E-state index is 13.4. The van der Waals surface area contributed by atoms with E-state index >= 15 is 0 Å². The highest BCUT2D eigenvalue weighted by Crippen LogP contribution is 2.41. The molecule has 0 radical (unpaired) electrons. The van der Waals surface area contributed by atoms with E-state index in [4.69, 9.17) is 18.9 Å². The van der Waals surface area contributed by atoms with Crippen molar-refractivity contribution in [2.75, 3.05) is 59.2 Å². The Labute approximate surface area is 221 Å². The number of carbonyl (C=O) groups excluding carboxylic acids is 2. The van der Waals surface area contributed by atoms with Gasteiger partial charge < -0.3 is 29.0 Å². The number of carbonyl (C=O) groups is 2. The first kappa shape index (κ1) is 25.8. The van der Waals surface area contributed by atoms with E-state index in [0.29, 0.717) is 74.4 Å². The van der Waals surface area contributed by atoms with E-state index < -0.39 is 17.7 Å². The van der Waals surface area contributed by atoms with E-state index in [1.54, 1.807) is 41.3 Å². The standard InChI is InChI=1S/C29H32N2O7/c1-2-13-36-22-6-3-5-20(18-22)26-25(27(32)21-7-8-23-24(19-21)38-17-16-37-23)28(33)29(34)31(26)10-4-9-30-11-14-35-15-12-30/h2-3,5-8,18-19,26,32H,1,4,9-17H2/b27-25+/t26-/m0/s1. The van der Waals surface area contributed by atoms with Gasteiger partial charge in [-0.15, -0.1) is 0 Å². The van der Waals surface area contributed by atoms with Gasteiger partial charge in [0.25, 0.3) is 11.7 Å². The van der Waals surface area contributed by atoms with Crippen LogP contribution in [-0.4, -0.2) is 85.8 Å². The van der Waals surface area contributed by atoms with Gasteiger partial charge in [0.1, 0.15) is 31.3 Å². The van der Waals surface area contributed by atoms with Gasteiger partial charge in [-0.1, -0.05) is 24.8 Å². The van der Waals surface area contributed by atoms with Crippen LogP contribution in [0, 0.1) is 0 Å². The van der Waals surface area contributed by atoms with Crippen LogP contribution in [-0.2, 0) is 14.3 Å². The van der Waals surface area contributed by atoms with Crippen LogP contribution in [0.3, 0.4) is 0 Å². The van der Waals surface area contributed by atoms with Crippen molar-refractivity contribution in [3.63, 3.8) is 0 Å². The number of ether oxygens (including phenoxy) is 4. The summed E-state index contributed by atoms with van der Waals surface area (Å²) in [6.45, 7) is 9.05. The summed E-state index contributed by atoms with van der Waals surface area (Å²) >= 11 is 0. The largest absolute Gasteiger partial charge is 0.507 e. The fourth-order valence-electron chi connectivity index (χ4n) is 5.02. The fraction of sp³-hybridized carbons (Fsp3) is 0.379. The fourth-order valence-corrected chi connectivity index (χ4v) is 5.02. The summed E-state index contributed by atoms with van der Waals surface area (Å²) in [4.78, 5) is 30.5. The third-order valence-electron chi connectivity index (χ3n) is 6.87. The molecule has 9 heteroatoms. The number of hydrogen-bond donors (Lipinski definition) is 1. The van der Waals surface area contributed by atoms with Crippen molar-refractivity contribution in [1.29, 1.82) is 0 Å². The molecule has 1 N–H and O–H groups in total. The molecule has 2 saturated heterocycles. The van der Waals surface area contributed by atoms with Gasteiger partial charge in [0.05, 0.1) is 24.8 Å². The van der Waals surface area contributed by atoms with Crippen LogP contribution < -0.4 is 14.2 Å². The maximum Gasteiger partial charge on any atom is 0.295 e. The lowest BCUT2D eigenvalue weighted by Gasteiger charge is -2.29. The van der Waals surface area contributed by atoms with Gasteiger partial charge in [0.15, 0.2) is 11.5 Å². The molecule has 3 aliphatic heterocycles. The first-order chi connectivity index (χ1) is 18.6. The molecule has 2 fully saturated rings. The Morgan fingerprint density at radius 3 is 2.61 bits per heavy atom. The number of aliphatic hydroxyl groups is 1. The second kappa shape index (κ2) is 11.7. The molecule has 0 unspecified atom stereocenters. The predicted molar refractivity (Wildman–Crippen MR) is 140 cm³/mol. The van der Waals surface area contributed by atoms with E-state index in [2.05, 4.69) is 11.5 Å². The Balaban J connectivity index is 1.49. The zero-order valence-electron chi connectivity index (χ0n) is 21.3. The highest BCUT2D eigenvalue weighted by atomic mass is 16.6. The molecule has 0 saturated carbocycles. The zero-order valence-corrected chi connectivity index (χ0v) is 21.3. The molecular formula is C29H32N2O7. The Bertz CT molecular complexity index is 1240. The first-order valence-corrected chi connectivity index (χ1v) is 12.9. The Kier molecular flexibility index (Phi) is 7.95. The molecule has 0 aromatic heterocycles. The molecule has 5 rings (SSSR count). The topological polar surface area (TPSA) is 97.8 Å². The van der Waals surface area contributed by atoms with Crippen molar-refractivity contribution < 1.29 is 33.6 Å². The van der Waals surface area contributed by atoms with E-state index in [0.717, 1.165) is 19.6 Å². The van der Waals surface area contributed by atoms with E-state index in [-0.39, 0.29) is 11.3 Å². The molecule has 3 aliphatic rings. The molecular weight excluding hydrogens is 488 g/mol. The first-order valence-electron chi connectivity index (χ1n) is 12.9. The highest BCUT2D eigenvalue weighted by Gasteiger charge is 2.46. The third-order valence-corrected chi connectivity index (χ3v) is 6.87. The molecule has 0 bridgehead atoms. The molecule has 0 spiro atoms. The number of hydrogen-bond acceptors (Lipinski definition) is 8. The number of likely N-dealkylation sites (tertiary alicyclic amines) is 1. The summed E-state index contributed by atoms with van der Waals surface area (Å²) in [6, 6.07) is 11.5. The van der Waals surface area contributed by atoms with Gasteiger partial charge >= 0.3 is 0 Å². The number of benzene rings is 2. The van der Waals surface area contributed by atoms with Crippen molar-refractivity contribution in [3.05, 3.63) is 71.8 Å². The average molecular weight is 521 g/mol. The number of Topliss-reactive ketones (excluding diaryl/α,β-unsaturated/α-hetero) is 1. The number of ketones is 1. The Morgan fingerprint density at radius 1 is 1.03 bits per heavy atom. The molecule has 2 aromatic carbocycles. The molecule has 1 amide bonds. The lowest BCUT2D eigenvalue weighted by atomic mass is 9.95. The van der Waals surface area contributed by atoms with Crippen LogP contribution in [0.4, 0.5) is 0 Å². The number of morpholine rings is 1. The van der Waals surface area contributed by atoms with Gasteiger partial charge in [-0.25, -0.2) is 0 Å². The van der Waals surface area contributed by atoms with E-state index in [1.807, 2.05) is 12.1 Å². The summed E-state index contributed by atoms with van der Waals surface area (Å²) in [5.41, 5.74) is 1.10. The number of aliphatic hydroxyl groups excluding tert-OH is 1. The second-order valence-corrected chi connectivity index (χ2v) is 9.33. The zero-order chi connectivity index (χ0) is 26.5. The van der Waals surface area contributed by atoms with Crippen molar-refractivity contribution >= 4 is 17.4 Å². The summed E-state index contributed by atoms with van der Waals surface area (Å²) < 4.78 is 22.4. The lowest BCUT2D eigenvalue weighted by Crippen LogP contribution is -2.38. The normalized spacial score (nSPS) is 20.9. The predicted octanol–water partition coefficient (Wildman–Crippen LogP) is 3.17. The highest BCUT2D eigenvalue weighted by molar-refractivity contribution is 6.46. The third kappa shape index (κ3) is 5.39. The molecule has 2 aromatic rings. The molecule has 200 valence electrons. The van der Waals surface area contributed by atoms with Gasteiger partial charge in [0, 0.05) is 31.7 Å². The molecule has 38 heavy (non-hydrogen) atoms. The quantitative estimate of drug-likeness (QED) is 0.233. The van der Waals surface area contributed by atoms with Crippen LogP contribution in [0.1, 0.15) is 23.6 Å². The van der Waals surface area contributed by atoms with Gasteiger partial charge in [-0.3, -0.25) is 14.5 Å². The molecule has 1 atom stereocenters. The van der Waals surface area contributed by atoms with Crippen molar-refractivity contribution in [3.8, 4) is 17.2 Å². The average Bonchev–Trinajstić information content (AvgIpc) is 3.21. The smallest absolute Gasteiger partial charge is 0.295 e. The second-order valence-electron chi connectivity index (χ2n) is 9.33. The van der Waals surface area contributed by atoms with E-state index in [1.165, 1.54) is 0 Å². The summed E-state index contributed by atoms with van der Waals surface area (Å²) in [6.07, 6.45) is 2.33. The van der Waals surface area contributed by atoms with Crippen LogP contribution in [0.25, 0.3) is 5.76 Å². The van der Waals surface area contributed by atoms with Crippen LogP contribution in [0.15, 0.2) is 60.7 Å². The van der Waals surface area contributed by atoms with Gasteiger partial charge in [0.2, 0.25) is 0 Å². The van der Waals surface area contributed by atoms with Gasteiger partial charge in [-0.2, -0.15) is 0 Å². The Hall–Kier alpha value is -3.82. The Morgan fingerprint density at radius 2 is 1.82 bits per heavy atom. The van der Waals surface area contributed by atoms with Crippen molar-refractivity contribution in [1.82, 2.24) is 9.80 Å².